The summed E-state index contributed by atoms with van der Waals surface area (Å²) >= 11 is 1.16. The van der Waals surface area contributed by atoms with Gasteiger partial charge in [-0.05, 0) is 11.8 Å². The number of nitrogens with zero attached hydrogens (tertiary/aromatic N) is 1. The van der Waals surface area contributed by atoms with Crippen LogP contribution in [0.15, 0.2) is 0 Å². The second-order valence-corrected chi connectivity index (χ2v) is 5.69. The van der Waals surface area contributed by atoms with Crippen molar-refractivity contribution < 1.29 is 10.2 Å². The summed E-state index contributed by atoms with van der Waals surface area (Å²) in [6, 6.07) is 0. The van der Waals surface area contributed by atoms with Crippen LogP contribution < -0.4 is 5.73 Å². The minimum atomic E-state index is -1.76. The molecule has 0 radical (unpaired) electrons. The molecule has 0 saturated carbocycles. The maximum absolute atomic E-state index is 9.85. The van der Waals surface area contributed by atoms with E-state index < -0.39 is 5.79 Å². The monoisotopic (exact) mass is 214 g/mol. The van der Waals surface area contributed by atoms with Gasteiger partial charge in [0.15, 0.2) is 5.13 Å². The van der Waals surface area contributed by atoms with Crippen molar-refractivity contribution >= 4 is 16.5 Å². The van der Waals surface area contributed by atoms with Gasteiger partial charge in [-0.3, -0.25) is 0 Å². The summed E-state index contributed by atoms with van der Waals surface area (Å²) in [6.45, 7) is 3.99. The molecule has 0 amide bonds. The van der Waals surface area contributed by atoms with Gasteiger partial charge >= 0.3 is 0 Å². The van der Waals surface area contributed by atoms with Gasteiger partial charge in [0, 0.05) is 6.42 Å². The molecule has 1 aliphatic rings. The molecule has 78 valence electrons. The largest absolute Gasteiger partial charge is 0.375 e. The summed E-state index contributed by atoms with van der Waals surface area (Å²) in [5, 5.41) is 20.1. The topological polar surface area (TPSA) is 79.4 Å². The molecule has 0 fully saturated rings. The molecule has 0 saturated heterocycles. The van der Waals surface area contributed by atoms with Crippen LogP contribution in [0, 0.1) is 5.41 Å². The number of rotatable bonds is 0. The van der Waals surface area contributed by atoms with E-state index in [9.17, 15) is 10.2 Å². The lowest BCUT2D eigenvalue weighted by atomic mass is 9.76. The van der Waals surface area contributed by atoms with Gasteiger partial charge in [0.25, 0.3) is 0 Å². The Hall–Kier alpha value is -0.650. The van der Waals surface area contributed by atoms with E-state index >= 15 is 0 Å². The number of nitrogen functional groups attached to an aromatic ring is 1. The Morgan fingerprint density at radius 3 is 2.71 bits per heavy atom. The lowest BCUT2D eigenvalue weighted by Gasteiger charge is -2.36. The van der Waals surface area contributed by atoms with Gasteiger partial charge in [-0.1, -0.05) is 25.2 Å². The first-order valence-corrected chi connectivity index (χ1v) is 5.32. The number of fused-ring (bicyclic) bond motifs is 1. The van der Waals surface area contributed by atoms with Gasteiger partial charge in [0.1, 0.15) is 0 Å². The maximum atomic E-state index is 9.85. The number of hydrogen-bond acceptors (Lipinski definition) is 5. The van der Waals surface area contributed by atoms with E-state index in [2.05, 4.69) is 4.98 Å². The molecular formula is C9H14N2O2S. The lowest BCUT2D eigenvalue weighted by Crippen LogP contribution is -2.37. The zero-order chi connectivity index (χ0) is 10.6. The molecule has 1 aliphatic carbocycles. The normalized spacial score (nSPS) is 23.1. The van der Waals surface area contributed by atoms with E-state index in [1.54, 1.807) is 0 Å². The Bertz CT molecular complexity index is 371. The van der Waals surface area contributed by atoms with E-state index in [4.69, 9.17) is 5.73 Å². The number of hydrogen-bond donors (Lipinski definition) is 3. The molecule has 0 bridgehead atoms. The third-order valence-corrected chi connectivity index (χ3v) is 3.52. The summed E-state index contributed by atoms with van der Waals surface area (Å²) < 4.78 is 0. The Kier molecular flexibility index (Phi) is 1.90. The van der Waals surface area contributed by atoms with Crippen molar-refractivity contribution in [3.05, 3.63) is 10.6 Å². The zero-order valence-corrected chi connectivity index (χ0v) is 9.06. The van der Waals surface area contributed by atoms with E-state index in [0.29, 0.717) is 16.4 Å². The van der Waals surface area contributed by atoms with Crippen molar-refractivity contribution in [3.8, 4) is 0 Å². The quantitative estimate of drug-likeness (QED) is 0.559. The molecule has 14 heavy (non-hydrogen) atoms. The molecule has 4 nitrogen and oxygen atoms in total. The Morgan fingerprint density at radius 1 is 1.43 bits per heavy atom. The van der Waals surface area contributed by atoms with Crippen LogP contribution in [0.5, 0.6) is 0 Å². The van der Waals surface area contributed by atoms with Crippen LogP contribution in [0.25, 0.3) is 0 Å². The molecular weight excluding hydrogens is 200 g/mol. The fraction of sp³-hybridized carbons (Fsp3) is 0.667. The van der Waals surface area contributed by atoms with Crippen LogP contribution in [0.1, 0.15) is 30.8 Å². The molecule has 1 heterocycles. The highest BCUT2D eigenvalue weighted by Crippen LogP contribution is 2.45. The zero-order valence-electron chi connectivity index (χ0n) is 8.24. The second kappa shape index (κ2) is 2.68. The fourth-order valence-electron chi connectivity index (χ4n) is 2.07. The van der Waals surface area contributed by atoms with Crippen molar-refractivity contribution in [2.75, 3.05) is 5.73 Å². The number of thiazole rings is 1. The molecule has 0 aromatic carbocycles. The first-order chi connectivity index (χ1) is 6.30. The highest BCUT2D eigenvalue weighted by Gasteiger charge is 2.43. The smallest absolute Gasteiger partial charge is 0.201 e. The minimum absolute atomic E-state index is 0.142. The van der Waals surface area contributed by atoms with Crippen molar-refractivity contribution in [1.29, 1.82) is 0 Å². The average molecular weight is 214 g/mol. The van der Waals surface area contributed by atoms with E-state index in [-0.39, 0.29) is 5.41 Å². The van der Waals surface area contributed by atoms with Crippen molar-refractivity contribution in [3.63, 3.8) is 0 Å². The molecule has 5 heteroatoms. The summed E-state index contributed by atoms with van der Waals surface area (Å²) in [6.07, 6.45) is 1.08. The van der Waals surface area contributed by atoms with Crippen LogP contribution in [0.3, 0.4) is 0 Å². The first kappa shape index (κ1) is 9.89. The molecule has 2 rings (SSSR count). The van der Waals surface area contributed by atoms with Gasteiger partial charge in [0.2, 0.25) is 5.79 Å². The predicted octanol–water partition coefficient (Wildman–Crippen LogP) is 0.835. The van der Waals surface area contributed by atoms with Gasteiger partial charge < -0.3 is 15.9 Å². The molecule has 0 aliphatic heterocycles. The highest BCUT2D eigenvalue weighted by molar-refractivity contribution is 7.15. The van der Waals surface area contributed by atoms with Crippen molar-refractivity contribution in [2.45, 2.75) is 32.5 Å². The third-order valence-electron chi connectivity index (χ3n) is 2.45. The molecule has 0 unspecified atom stereocenters. The molecule has 1 aromatic heterocycles. The second-order valence-electron chi connectivity index (χ2n) is 4.66. The van der Waals surface area contributed by atoms with E-state index in [1.807, 2.05) is 13.8 Å². The summed E-state index contributed by atoms with van der Waals surface area (Å²) in [5.41, 5.74) is 6.14. The highest BCUT2D eigenvalue weighted by atomic mass is 32.1. The summed E-state index contributed by atoms with van der Waals surface area (Å²) in [7, 11) is 0. The number of nitrogens with two attached hydrogens (primary N) is 1. The molecule has 1 aromatic rings. The van der Waals surface area contributed by atoms with Gasteiger partial charge in [0.05, 0.1) is 10.6 Å². The van der Waals surface area contributed by atoms with Crippen LogP contribution in [0.2, 0.25) is 0 Å². The lowest BCUT2D eigenvalue weighted by molar-refractivity contribution is -0.194. The van der Waals surface area contributed by atoms with Gasteiger partial charge in [-0.15, -0.1) is 0 Å². The van der Waals surface area contributed by atoms with Gasteiger partial charge in [-0.25, -0.2) is 4.98 Å². The predicted molar refractivity (Wildman–Crippen MR) is 54.7 cm³/mol. The van der Waals surface area contributed by atoms with Gasteiger partial charge in [-0.2, -0.15) is 0 Å². The van der Waals surface area contributed by atoms with Crippen LogP contribution in [0.4, 0.5) is 5.13 Å². The number of aliphatic hydroxyl groups is 2. The minimum Gasteiger partial charge on any atom is -0.375 e. The Balaban J connectivity index is 2.52. The summed E-state index contributed by atoms with van der Waals surface area (Å²) in [4.78, 5) is 4.63. The van der Waals surface area contributed by atoms with Crippen molar-refractivity contribution in [2.24, 2.45) is 5.41 Å². The summed E-state index contributed by atoms with van der Waals surface area (Å²) in [5.74, 6) is -1.76. The Labute approximate surface area is 86.4 Å². The molecule has 4 N–H and O–H groups in total. The van der Waals surface area contributed by atoms with Crippen molar-refractivity contribution in [1.82, 2.24) is 4.98 Å². The maximum Gasteiger partial charge on any atom is 0.201 e. The average Bonchev–Trinajstić information content (AvgIpc) is 2.25. The Morgan fingerprint density at radius 2 is 2.07 bits per heavy atom. The number of aromatic nitrogens is 1. The van der Waals surface area contributed by atoms with E-state index in [0.717, 1.165) is 23.5 Å². The number of anilines is 1. The molecule has 0 atom stereocenters. The van der Waals surface area contributed by atoms with Crippen LogP contribution in [-0.2, 0) is 12.2 Å². The first-order valence-electron chi connectivity index (χ1n) is 4.51. The standard InChI is InChI=1S/C9H14N2O2S/c1-8(2)3-5-6(9(12,13)4-8)14-7(10)11-5/h12-13H,3-4H2,1-2H3,(H2,10,11). The van der Waals surface area contributed by atoms with E-state index in [1.165, 1.54) is 0 Å². The SMILES string of the molecule is CC1(C)Cc2nc(N)sc2C(O)(O)C1. The molecule has 0 spiro atoms. The third kappa shape index (κ3) is 1.51. The fourth-order valence-corrected chi connectivity index (χ4v) is 2.90. The van der Waals surface area contributed by atoms with Crippen LogP contribution >= 0.6 is 11.3 Å². The van der Waals surface area contributed by atoms with Crippen LogP contribution in [-0.4, -0.2) is 15.2 Å².